The Morgan fingerprint density at radius 2 is 2.00 bits per heavy atom. The Kier molecular flexibility index (Phi) is 6.94. The zero-order chi connectivity index (χ0) is 21.5. The minimum atomic E-state index is -0.0705. The average molecular weight is 438 g/mol. The van der Waals surface area contributed by atoms with Gasteiger partial charge in [0.1, 0.15) is 5.75 Å². The summed E-state index contributed by atoms with van der Waals surface area (Å²) in [5.74, 6) is 1.09. The number of hydrogen-bond acceptors (Lipinski definition) is 5. The van der Waals surface area contributed by atoms with Gasteiger partial charge in [-0.3, -0.25) is 9.36 Å². The molecule has 0 unspecified atom stereocenters. The van der Waals surface area contributed by atoms with Gasteiger partial charge >= 0.3 is 0 Å². The zero-order valence-corrected chi connectivity index (χ0v) is 18.4. The molecule has 3 aromatic rings. The van der Waals surface area contributed by atoms with Crippen LogP contribution in [0.3, 0.4) is 0 Å². The molecule has 2 heterocycles. The molecule has 0 atom stereocenters. The Morgan fingerprint density at radius 1 is 1.19 bits per heavy atom. The van der Waals surface area contributed by atoms with Crippen molar-refractivity contribution in [2.75, 3.05) is 32.6 Å². The fraction of sp³-hybridized carbons (Fsp3) is 0.333. The van der Waals surface area contributed by atoms with Crippen molar-refractivity contribution in [3.63, 3.8) is 0 Å². The van der Waals surface area contributed by atoms with Gasteiger partial charge in [0.15, 0.2) is 5.16 Å². The lowest BCUT2D eigenvalue weighted by atomic mass is 9.74. The normalized spacial score (nSPS) is 15.4. The average Bonchev–Trinajstić information content (AvgIpc) is 3.31. The highest BCUT2D eigenvalue weighted by molar-refractivity contribution is 7.99. The predicted octanol–water partition coefficient (Wildman–Crippen LogP) is 3.84. The van der Waals surface area contributed by atoms with Crippen molar-refractivity contribution in [2.45, 2.75) is 23.4 Å². The van der Waals surface area contributed by atoms with Gasteiger partial charge in [0, 0.05) is 43.6 Å². The number of thioether (sulfide) groups is 1. The largest absolute Gasteiger partial charge is 0.497 e. The van der Waals surface area contributed by atoms with Crippen LogP contribution >= 0.6 is 11.8 Å². The van der Waals surface area contributed by atoms with Crippen molar-refractivity contribution in [3.8, 4) is 11.4 Å². The molecule has 6 nitrogen and oxygen atoms in total. The molecule has 4 rings (SSSR count). The first-order valence-corrected chi connectivity index (χ1v) is 11.4. The maximum atomic E-state index is 12.7. The quantitative estimate of drug-likeness (QED) is 0.543. The molecule has 2 aromatic carbocycles. The summed E-state index contributed by atoms with van der Waals surface area (Å²) in [6.45, 7) is 2.05. The number of benzene rings is 2. The summed E-state index contributed by atoms with van der Waals surface area (Å²) in [5.41, 5.74) is 2.14. The number of amides is 1. The van der Waals surface area contributed by atoms with E-state index in [4.69, 9.17) is 9.47 Å². The molecule has 7 heteroatoms. The molecule has 31 heavy (non-hydrogen) atoms. The molecule has 1 aliphatic rings. The number of ether oxygens (including phenoxy) is 2. The van der Waals surface area contributed by atoms with E-state index in [2.05, 4.69) is 34.6 Å². The van der Waals surface area contributed by atoms with E-state index in [1.165, 1.54) is 17.3 Å². The van der Waals surface area contributed by atoms with Gasteiger partial charge in [0.05, 0.1) is 18.6 Å². The van der Waals surface area contributed by atoms with Gasteiger partial charge < -0.3 is 14.8 Å². The Bertz CT molecular complexity index is 1000. The molecule has 0 aliphatic carbocycles. The number of nitrogens with one attached hydrogen (secondary N) is 1. The Morgan fingerprint density at radius 3 is 2.77 bits per heavy atom. The minimum Gasteiger partial charge on any atom is -0.497 e. The van der Waals surface area contributed by atoms with Crippen molar-refractivity contribution >= 4 is 17.7 Å². The summed E-state index contributed by atoms with van der Waals surface area (Å²) in [5, 5.41) is 3.93. The number of rotatable bonds is 8. The van der Waals surface area contributed by atoms with Crippen molar-refractivity contribution in [1.29, 1.82) is 0 Å². The third-order valence-corrected chi connectivity index (χ3v) is 6.70. The maximum Gasteiger partial charge on any atom is 0.230 e. The summed E-state index contributed by atoms with van der Waals surface area (Å²) >= 11 is 1.43. The van der Waals surface area contributed by atoms with E-state index < -0.39 is 0 Å². The van der Waals surface area contributed by atoms with E-state index in [0.29, 0.717) is 12.3 Å². The summed E-state index contributed by atoms with van der Waals surface area (Å²) in [6, 6.07) is 18.2. The fourth-order valence-corrected chi connectivity index (χ4v) is 4.73. The first kappa shape index (κ1) is 21.5. The molecule has 1 saturated heterocycles. The van der Waals surface area contributed by atoms with Crippen LogP contribution in [0.1, 0.15) is 18.4 Å². The predicted molar refractivity (Wildman–Crippen MR) is 122 cm³/mol. The molecule has 162 valence electrons. The van der Waals surface area contributed by atoms with Crippen LogP contribution in [0.25, 0.3) is 5.69 Å². The first-order valence-electron chi connectivity index (χ1n) is 10.4. The number of nitrogens with zero attached hydrogens (tertiary/aromatic N) is 2. The van der Waals surface area contributed by atoms with E-state index in [9.17, 15) is 4.79 Å². The molecular formula is C24H27N3O3S. The lowest BCUT2D eigenvalue weighted by Gasteiger charge is -2.38. The number of carbonyl (C=O) groups excluding carboxylic acids is 1. The highest BCUT2D eigenvalue weighted by Crippen LogP contribution is 2.34. The molecule has 0 bridgehead atoms. The number of aromatic nitrogens is 2. The second-order valence-electron chi connectivity index (χ2n) is 7.61. The molecule has 1 aromatic heterocycles. The first-order chi connectivity index (χ1) is 15.2. The zero-order valence-electron chi connectivity index (χ0n) is 17.6. The van der Waals surface area contributed by atoms with Crippen LogP contribution in [0.5, 0.6) is 5.75 Å². The molecule has 1 aliphatic heterocycles. The Labute approximate surface area is 187 Å². The smallest absolute Gasteiger partial charge is 0.230 e. The van der Waals surface area contributed by atoms with Crippen LogP contribution < -0.4 is 10.1 Å². The standard InChI is InChI=1S/C24H27N3O3S/c1-29-21-9-5-8-20(16-21)27-13-12-25-23(27)31-17-22(28)26-18-24(10-14-30-15-11-24)19-6-3-2-4-7-19/h2-9,12-13,16H,10-11,14-15,17-18H2,1H3,(H,26,28). The maximum absolute atomic E-state index is 12.7. The van der Waals surface area contributed by atoms with Gasteiger partial charge in [0.2, 0.25) is 5.91 Å². The van der Waals surface area contributed by atoms with E-state index in [-0.39, 0.29) is 11.3 Å². The molecule has 0 spiro atoms. The number of hydrogen-bond donors (Lipinski definition) is 1. The molecule has 0 radical (unpaired) electrons. The molecule has 1 amide bonds. The highest BCUT2D eigenvalue weighted by Gasteiger charge is 2.34. The third kappa shape index (κ3) is 5.11. The monoisotopic (exact) mass is 437 g/mol. The number of imidazole rings is 1. The SMILES string of the molecule is COc1cccc(-n2ccnc2SCC(=O)NCC2(c3ccccc3)CCOCC2)c1. The van der Waals surface area contributed by atoms with Crippen molar-refractivity contribution in [2.24, 2.45) is 0 Å². The van der Waals surface area contributed by atoms with Crippen molar-refractivity contribution < 1.29 is 14.3 Å². The van der Waals surface area contributed by atoms with Crippen LogP contribution in [0.2, 0.25) is 0 Å². The lowest BCUT2D eigenvalue weighted by Crippen LogP contribution is -2.45. The van der Waals surface area contributed by atoms with E-state index in [1.54, 1.807) is 13.3 Å². The molecule has 1 N–H and O–H groups in total. The minimum absolute atomic E-state index is 0.00647. The summed E-state index contributed by atoms with van der Waals surface area (Å²) in [4.78, 5) is 17.1. The fourth-order valence-electron chi connectivity index (χ4n) is 3.92. The summed E-state index contributed by atoms with van der Waals surface area (Å²) in [6.07, 6.45) is 5.45. The number of carbonyl (C=O) groups is 1. The summed E-state index contributed by atoms with van der Waals surface area (Å²) in [7, 11) is 1.65. The van der Waals surface area contributed by atoms with Gasteiger partial charge in [-0.2, -0.15) is 0 Å². The van der Waals surface area contributed by atoms with E-state index in [1.807, 2.05) is 41.1 Å². The molecule has 0 saturated carbocycles. The van der Waals surface area contributed by atoms with E-state index >= 15 is 0 Å². The molecule has 1 fully saturated rings. The molecular weight excluding hydrogens is 410 g/mol. The second kappa shape index (κ2) is 10.0. The van der Waals surface area contributed by atoms with Gasteiger partial charge in [0.25, 0.3) is 0 Å². The van der Waals surface area contributed by atoms with Crippen molar-refractivity contribution in [3.05, 3.63) is 72.6 Å². The Hall–Kier alpha value is -2.77. The Balaban J connectivity index is 1.38. The van der Waals surface area contributed by atoms with Gasteiger partial charge in [-0.25, -0.2) is 4.98 Å². The third-order valence-electron chi connectivity index (χ3n) is 5.73. The number of methoxy groups -OCH3 is 1. The van der Waals surface area contributed by atoms with Crippen LogP contribution in [0.15, 0.2) is 72.1 Å². The summed E-state index contributed by atoms with van der Waals surface area (Å²) < 4.78 is 12.9. The van der Waals surface area contributed by atoms with Gasteiger partial charge in [-0.05, 0) is 30.5 Å². The van der Waals surface area contributed by atoms with Crippen LogP contribution in [0.4, 0.5) is 0 Å². The van der Waals surface area contributed by atoms with Crippen LogP contribution in [-0.4, -0.2) is 48.1 Å². The van der Waals surface area contributed by atoms with Crippen LogP contribution in [-0.2, 0) is 14.9 Å². The van der Waals surface area contributed by atoms with Gasteiger partial charge in [-0.15, -0.1) is 0 Å². The van der Waals surface area contributed by atoms with Crippen molar-refractivity contribution in [1.82, 2.24) is 14.9 Å². The topological polar surface area (TPSA) is 65.4 Å². The van der Waals surface area contributed by atoms with E-state index in [0.717, 1.165) is 42.6 Å². The van der Waals surface area contributed by atoms with Gasteiger partial charge in [-0.1, -0.05) is 48.2 Å². The lowest BCUT2D eigenvalue weighted by molar-refractivity contribution is -0.119. The van der Waals surface area contributed by atoms with Crippen LogP contribution in [0, 0.1) is 0 Å². The highest BCUT2D eigenvalue weighted by atomic mass is 32.2. The second-order valence-corrected chi connectivity index (χ2v) is 8.55.